The van der Waals surface area contributed by atoms with Crippen LogP contribution in [0.25, 0.3) is 0 Å². The van der Waals surface area contributed by atoms with E-state index in [0.29, 0.717) is 11.8 Å². The number of furan rings is 1. The molecule has 0 bridgehead atoms. The molecule has 1 aromatic heterocycles. The van der Waals surface area contributed by atoms with E-state index in [1.165, 1.54) is 88.2 Å². The average Bonchev–Trinajstić information content (AvgIpc) is 3.14. The summed E-state index contributed by atoms with van der Waals surface area (Å²) in [5.41, 5.74) is 2.71. The lowest BCUT2D eigenvalue weighted by Crippen LogP contribution is -2.07. The Morgan fingerprint density at radius 1 is 0.655 bits per heavy atom. The summed E-state index contributed by atoms with van der Waals surface area (Å²) in [6.45, 7) is 18.0. The summed E-state index contributed by atoms with van der Waals surface area (Å²) in [7, 11) is 0. The van der Waals surface area contributed by atoms with Crippen molar-refractivity contribution < 1.29 is 4.42 Å². The van der Waals surface area contributed by atoms with Crippen LogP contribution in [0.4, 0.5) is 0 Å². The SMILES string of the molecule is C=C(Cc1ccc(CC(=C)C(CCCC)CCCC)o1)C(CCCC)CCCC. The maximum Gasteiger partial charge on any atom is 0.108 e. The molecule has 0 atom stereocenters. The number of hydrogen-bond donors (Lipinski definition) is 0. The highest BCUT2D eigenvalue weighted by atomic mass is 16.3. The van der Waals surface area contributed by atoms with Gasteiger partial charge in [0.15, 0.2) is 0 Å². The second-order valence-corrected chi connectivity index (χ2v) is 9.00. The Bertz CT molecular complexity index is 500. The second kappa shape index (κ2) is 15.6. The van der Waals surface area contributed by atoms with Gasteiger partial charge in [-0.05, 0) is 49.7 Å². The minimum Gasteiger partial charge on any atom is -0.465 e. The Morgan fingerprint density at radius 3 is 1.24 bits per heavy atom. The van der Waals surface area contributed by atoms with Gasteiger partial charge in [-0.3, -0.25) is 0 Å². The van der Waals surface area contributed by atoms with E-state index >= 15 is 0 Å². The summed E-state index contributed by atoms with van der Waals surface area (Å²) in [5, 5.41) is 0. The fraction of sp³-hybridized carbons (Fsp3) is 0.714. The van der Waals surface area contributed by atoms with Gasteiger partial charge in [0, 0.05) is 12.8 Å². The fourth-order valence-corrected chi connectivity index (χ4v) is 4.26. The molecule has 0 saturated carbocycles. The summed E-state index contributed by atoms with van der Waals surface area (Å²) < 4.78 is 6.22. The van der Waals surface area contributed by atoms with Crippen molar-refractivity contribution in [3.63, 3.8) is 0 Å². The monoisotopic (exact) mass is 400 g/mol. The molecular weight excluding hydrogens is 352 g/mol. The van der Waals surface area contributed by atoms with E-state index in [1.54, 1.807) is 0 Å². The molecule has 0 unspecified atom stereocenters. The van der Waals surface area contributed by atoms with Crippen molar-refractivity contribution in [2.24, 2.45) is 11.8 Å². The average molecular weight is 401 g/mol. The van der Waals surface area contributed by atoms with Gasteiger partial charge in [0.1, 0.15) is 11.5 Å². The van der Waals surface area contributed by atoms with Crippen LogP contribution in [0.1, 0.15) is 116 Å². The van der Waals surface area contributed by atoms with Gasteiger partial charge in [0.2, 0.25) is 0 Å². The van der Waals surface area contributed by atoms with Gasteiger partial charge in [-0.2, -0.15) is 0 Å². The van der Waals surface area contributed by atoms with Crippen molar-refractivity contribution in [2.45, 2.75) is 118 Å². The molecule has 0 saturated heterocycles. The summed E-state index contributed by atoms with van der Waals surface area (Å²) in [4.78, 5) is 0. The van der Waals surface area contributed by atoms with Gasteiger partial charge in [-0.15, -0.1) is 0 Å². The van der Waals surface area contributed by atoms with Gasteiger partial charge in [-0.25, -0.2) is 0 Å². The minimum absolute atomic E-state index is 0.644. The maximum atomic E-state index is 6.22. The third-order valence-electron chi connectivity index (χ3n) is 6.30. The van der Waals surface area contributed by atoms with Gasteiger partial charge in [0.25, 0.3) is 0 Å². The topological polar surface area (TPSA) is 13.1 Å². The first kappa shape index (κ1) is 25.8. The van der Waals surface area contributed by atoms with Crippen LogP contribution in [0.5, 0.6) is 0 Å². The predicted molar refractivity (Wildman–Crippen MR) is 129 cm³/mol. The van der Waals surface area contributed by atoms with Crippen LogP contribution < -0.4 is 0 Å². The number of allylic oxidation sites excluding steroid dienone is 2. The highest BCUT2D eigenvalue weighted by molar-refractivity contribution is 5.19. The lowest BCUT2D eigenvalue weighted by Gasteiger charge is -2.19. The van der Waals surface area contributed by atoms with Crippen molar-refractivity contribution in [3.05, 3.63) is 48.0 Å². The van der Waals surface area contributed by atoms with Crippen molar-refractivity contribution in [3.8, 4) is 0 Å². The maximum absolute atomic E-state index is 6.22. The highest BCUT2D eigenvalue weighted by Gasteiger charge is 2.16. The van der Waals surface area contributed by atoms with Gasteiger partial charge in [0.05, 0.1) is 0 Å². The largest absolute Gasteiger partial charge is 0.465 e. The van der Waals surface area contributed by atoms with Crippen molar-refractivity contribution in [1.82, 2.24) is 0 Å². The normalized spacial score (nSPS) is 11.5. The van der Waals surface area contributed by atoms with E-state index < -0.39 is 0 Å². The standard InChI is InChI=1S/C28H48O/c1-7-11-15-25(16-12-8-2)23(5)21-27-19-20-28(29-27)22-24(6)26(17-13-9-3)18-14-10-4/h19-20,25-26H,5-18,21-22H2,1-4H3. The highest BCUT2D eigenvalue weighted by Crippen LogP contribution is 2.29. The van der Waals surface area contributed by atoms with E-state index in [1.807, 2.05) is 0 Å². The Kier molecular flexibility index (Phi) is 13.9. The summed E-state index contributed by atoms with van der Waals surface area (Å²) in [6.07, 6.45) is 17.1. The molecule has 166 valence electrons. The zero-order chi connectivity index (χ0) is 21.5. The Balaban J connectivity index is 2.64. The molecule has 0 N–H and O–H groups in total. The van der Waals surface area contributed by atoms with Crippen molar-refractivity contribution in [2.75, 3.05) is 0 Å². The van der Waals surface area contributed by atoms with Crippen LogP contribution in [0.15, 0.2) is 40.9 Å². The van der Waals surface area contributed by atoms with Gasteiger partial charge < -0.3 is 4.42 Å². The lowest BCUT2D eigenvalue weighted by atomic mass is 9.87. The lowest BCUT2D eigenvalue weighted by molar-refractivity contribution is 0.430. The van der Waals surface area contributed by atoms with Crippen LogP contribution in [0.3, 0.4) is 0 Å². The van der Waals surface area contributed by atoms with E-state index in [2.05, 4.69) is 53.0 Å². The zero-order valence-electron chi connectivity index (χ0n) is 20.0. The molecule has 0 aliphatic rings. The first-order chi connectivity index (χ1) is 14.0. The molecule has 1 heterocycles. The molecule has 0 aliphatic carbocycles. The predicted octanol–water partition coefficient (Wildman–Crippen LogP) is 9.47. The molecule has 0 aliphatic heterocycles. The van der Waals surface area contributed by atoms with Crippen LogP contribution >= 0.6 is 0 Å². The fourth-order valence-electron chi connectivity index (χ4n) is 4.26. The number of rotatable bonds is 18. The zero-order valence-corrected chi connectivity index (χ0v) is 20.0. The first-order valence-electron chi connectivity index (χ1n) is 12.5. The van der Waals surface area contributed by atoms with Crippen LogP contribution in [0, 0.1) is 11.8 Å². The molecule has 0 spiro atoms. The molecule has 1 heteroatoms. The Labute approximate surface area is 182 Å². The molecule has 0 aromatic carbocycles. The molecule has 1 aromatic rings. The second-order valence-electron chi connectivity index (χ2n) is 9.00. The third-order valence-corrected chi connectivity index (χ3v) is 6.30. The molecule has 0 fully saturated rings. The molecule has 1 nitrogen and oxygen atoms in total. The van der Waals surface area contributed by atoms with Gasteiger partial charge in [-0.1, -0.05) is 103 Å². The minimum atomic E-state index is 0.644. The molecule has 0 amide bonds. The first-order valence-corrected chi connectivity index (χ1v) is 12.5. The van der Waals surface area contributed by atoms with Gasteiger partial charge >= 0.3 is 0 Å². The third kappa shape index (κ3) is 10.4. The molecule has 29 heavy (non-hydrogen) atoms. The van der Waals surface area contributed by atoms with E-state index in [4.69, 9.17) is 4.42 Å². The Hall–Kier alpha value is -1.24. The molecule has 1 rings (SSSR count). The Morgan fingerprint density at radius 2 is 0.966 bits per heavy atom. The summed E-state index contributed by atoms with van der Waals surface area (Å²) in [5.74, 6) is 3.45. The van der Waals surface area contributed by atoms with Crippen LogP contribution in [-0.4, -0.2) is 0 Å². The van der Waals surface area contributed by atoms with Crippen LogP contribution in [0.2, 0.25) is 0 Å². The number of unbranched alkanes of at least 4 members (excludes halogenated alkanes) is 4. The van der Waals surface area contributed by atoms with E-state index in [0.717, 1.165) is 24.4 Å². The molecule has 0 radical (unpaired) electrons. The summed E-state index contributed by atoms with van der Waals surface area (Å²) >= 11 is 0. The quantitative estimate of drug-likeness (QED) is 0.224. The smallest absolute Gasteiger partial charge is 0.108 e. The van der Waals surface area contributed by atoms with E-state index in [-0.39, 0.29) is 0 Å². The van der Waals surface area contributed by atoms with Crippen LogP contribution in [-0.2, 0) is 12.8 Å². The summed E-state index contributed by atoms with van der Waals surface area (Å²) in [6, 6.07) is 4.33. The van der Waals surface area contributed by atoms with E-state index in [9.17, 15) is 0 Å². The van der Waals surface area contributed by atoms with Crippen molar-refractivity contribution in [1.29, 1.82) is 0 Å². The number of hydrogen-bond acceptors (Lipinski definition) is 1. The molecular formula is C28H48O. The van der Waals surface area contributed by atoms with Crippen molar-refractivity contribution >= 4 is 0 Å².